The van der Waals surface area contributed by atoms with Crippen LogP contribution in [0.1, 0.15) is 40.5 Å². The standard InChI is InChI=1S/C14H27N3O/c1-5-16-8-6-7-12(16)9-17-11(4)15-13(10(2)3)14(17)18/h10-13,15H,5-9H2,1-4H3. The summed E-state index contributed by atoms with van der Waals surface area (Å²) < 4.78 is 0. The third-order valence-electron chi connectivity index (χ3n) is 4.42. The van der Waals surface area contributed by atoms with Gasteiger partial charge in [0.05, 0.1) is 12.2 Å². The van der Waals surface area contributed by atoms with Gasteiger partial charge >= 0.3 is 0 Å². The summed E-state index contributed by atoms with van der Waals surface area (Å²) >= 11 is 0. The topological polar surface area (TPSA) is 35.6 Å². The molecule has 2 aliphatic rings. The maximum absolute atomic E-state index is 12.4. The van der Waals surface area contributed by atoms with Crippen molar-refractivity contribution in [1.29, 1.82) is 0 Å². The van der Waals surface area contributed by atoms with E-state index in [9.17, 15) is 4.79 Å². The molecule has 4 heteroatoms. The molecule has 104 valence electrons. The zero-order valence-corrected chi connectivity index (χ0v) is 12.1. The summed E-state index contributed by atoms with van der Waals surface area (Å²) in [6, 6.07) is 0.575. The van der Waals surface area contributed by atoms with E-state index in [1.807, 2.05) is 4.90 Å². The largest absolute Gasteiger partial charge is 0.325 e. The van der Waals surface area contributed by atoms with Crippen molar-refractivity contribution in [1.82, 2.24) is 15.1 Å². The Morgan fingerprint density at radius 1 is 1.44 bits per heavy atom. The lowest BCUT2D eigenvalue weighted by molar-refractivity contribution is -0.131. The van der Waals surface area contributed by atoms with E-state index in [1.54, 1.807) is 0 Å². The highest BCUT2D eigenvalue weighted by atomic mass is 16.2. The molecule has 2 heterocycles. The molecular formula is C14H27N3O. The molecule has 1 amide bonds. The third-order valence-corrected chi connectivity index (χ3v) is 4.42. The number of carbonyl (C=O) groups excluding carboxylic acids is 1. The van der Waals surface area contributed by atoms with E-state index in [0.717, 1.165) is 13.1 Å². The van der Waals surface area contributed by atoms with Crippen LogP contribution in [0.5, 0.6) is 0 Å². The van der Waals surface area contributed by atoms with E-state index >= 15 is 0 Å². The minimum absolute atomic E-state index is 0.0106. The summed E-state index contributed by atoms with van der Waals surface area (Å²) in [5.74, 6) is 0.663. The Hall–Kier alpha value is -0.610. The maximum Gasteiger partial charge on any atom is 0.241 e. The molecule has 2 rings (SSSR count). The molecule has 0 saturated carbocycles. The summed E-state index contributed by atoms with van der Waals surface area (Å²) in [7, 11) is 0. The van der Waals surface area contributed by atoms with E-state index in [-0.39, 0.29) is 12.2 Å². The Morgan fingerprint density at radius 3 is 2.72 bits per heavy atom. The number of carbonyl (C=O) groups is 1. The van der Waals surface area contributed by atoms with Crippen molar-refractivity contribution < 1.29 is 4.79 Å². The van der Waals surface area contributed by atoms with Crippen LogP contribution in [0.15, 0.2) is 0 Å². The molecule has 0 aromatic rings. The van der Waals surface area contributed by atoms with Crippen LogP contribution in [0.3, 0.4) is 0 Å². The van der Waals surface area contributed by atoms with Crippen molar-refractivity contribution in [2.75, 3.05) is 19.6 Å². The van der Waals surface area contributed by atoms with Gasteiger partial charge < -0.3 is 4.90 Å². The van der Waals surface area contributed by atoms with Crippen molar-refractivity contribution in [3.05, 3.63) is 0 Å². The Bertz CT molecular complexity index is 305. The highest BCUT2D eigenvalue weighted by Crippen LogP contribution is 2.22. The number of rotatable bonds is 4. The van der Waals surface area contributed by atoms with Gasteiger partial charge in [0, 0.05) is 12.6 Å². The van der Waals surface area contributed by atoms with Crippen LogP contribution in [0.2, 0.25) is 0 Å². The van der Waals surface area contributed by atoms with Gasteiger partial charge in [-0.3, -0.25) is 15.0 Å². The Morgan fingerprint density at radius 2 is 2.17 bits per heavy atom. The number of hydrogen-bond donors (Lipinski definition) is 1. The van der Waals surface area contributed by atoms with E-state index in [2.05, 4.69) is 37.9 Å². The second kappa shape index (κ2) is 5.57. The van der Waals surface area contributed by atoms with Crippen molar-refractivity contribution >= 4 is 5.91 Å². The second-order valence-corrected chi connectivity index (χ2v) is 5.98. The number of likely N-dealkylation sites (tertiary alicyclic amines) is 1. The van der Waals surface area contributed by atoms with Gasteiger partial charge in [0.15, 0.2) is 0 Å². The fraction of sp³-hybridized carbons (Fsp3) is 0.929. The number of nitrogens with zero attached hydrogens (tertiary/aromatic N) is 2. The Balaban J connectivity index is 1.98. The molecule has 0 spiro atoms. The van der Waals surface area contributed by atoms with Crippen LogP contribution in [0.25, 0.3) is 0 Å². The molecule has 2 aliphatic heterocycles. The zero-order chi connectivity index (χ0) is 13.3. The summed E-state index contributed by atoms with van der Waals surface area (Å²) in [5, 5.41) is 3.42. The first-order chi connectivity index (χ1) is 8.54. The lowest BCUT2D eigenvalue weighted by atomic mass is 10.0. The third kappa shape index (κ3) is 2.54. The first-order valence-corrected chi connectivity index (χ1v) is 7.35. The van der Waals surface area contributed by atoms with Crippen molar-refractivity contribution in [2.45, 2.75) is 58.8 Å². The van der Waals surface area contributed by atoms with Crippen molar-refractivity contribution in [2.24, 2.45) is 5.92 Å². The fourth-order valence-electron chi connectivity index (χ4n) is 3.26. The predicted octanol–water partition coefficient (Wildman–Crippen LogP) is 1.27. The number of amides is 1. The van der Waals surface area contributed by atoms with Gasteiger partial charge in [-0.2, -0.15) is 0 Å². The average Bonchev–Trinajstić information content (AvgIpc) is 2.88. The van der Waals surface area contributed by atoms with Gasteiger partial charge in [-0.05, 0) is 38.8 Å². The lowest BCUT2D eigenvalue weighted by Crippen LogP contribution is -2.44. The molecule has 1 N–H and O–H groups in total. The van der Waals surface area contributed by atoms with Crippen LogP contribution in [-0.4, -0.2) is 53.6 Å². The maximum atomic E-state index is 12.4. The molecule has 0 bridgehead atoms. The minimum Gasteiger partial charge on any atom is -0.325 e. The Kier molecular flexibility index (Phi) is 4.28. The van der Waals surface area contributed by atoms with E-state index < -0.39 is 0 Å². The molecule has 3 atom stereocenters. The van der Waals surface area contributed by atoms with Crippen LogP contribution in [-0.2, 0) is 4.79 Å². The summed E-state index contributed by atoms with van der Waals surface area (Å²) in [6.45, 7) is 11.7. The van der Waals surface area contributed by atoms with E-state index in [0.29, 0.717) is 17.9 Å². The van der Waals surface area contributed by atoms with E-state index in [4.69, 9.17) is 0 Å². The molecule has 2 saturated heterocycles. The smallest absolute Gasteiger partial charge is 0.241 e. The summed E-state index contributed by atoms with van der Waals surface area (Å²) in [5.41, 5.74) is 0. The number of nitrogens with one attached hydrogen (secondary N) is 1. The highest BCUT2D eigenvalue weighted by Gasteiger charge is 2.39. The molecular weight excluding hydrogens is 226 g/mol. The predicted molar refractivity (Wildman–Crippen MR) is 73.2 cm³/mol. The summed E-state index contributed by atoms with van der Waals surface area (Å²) in [4.78, 5) is 16.9. The van der Waals surface area contributed by atoms with Crippen LogP contribution in [0.4, 0.5) is 0 Å². The first kappa shape index (κ1) is 13.8. The minimum atomic E-state index is 0.0106. The van der Waals surface area contributed by atoms with Gasteiger partial charge in [-0.25, -0.2) is 0 Å². The van der Waals surface area contributed by atoms with Crippen LogP contribution >= 0.6 is 0 Å². The fourth-order valence-corrected chi connectivity index (χ4v) is 3.26. The lowest BCUT2D eigenvalue weighted by Gasteiger charge is -2.29. The average molecular weight is 253 g/mol. The summed E-state index contributed by atoms with van der Waals surface area (Å²) in [6.07, 6.45) is 2.69. The van der Waals surface area contributed by atoms with Gasteiger partial charge in [0.2, 0.25) is 5.91 Å². The van der Waals surface area contributed by atoms with E-state index in [1.165, 1.54) is 19.4 Å². The molecule has 2 fully saturated rings. The normalized spacial score (nSPS) is 33.9. The van der Waals surface area contributed by atoms with Crippen molar-refractivity contribution in [3.8, 4) is 0 Å². The first-order valence-electron chi connectivity index (χ1n) is 7.35. The molecule has 0 aliphatic carbocycles. The highest BCUT2D eigenvalue weighted by molar-refractivity contribution is 5.84. The van der Waals surface area contributed by atoms with Crippen LogP contribution < -0.4 is 5.32 Å². The Labute approximate surface area is 111 Å². The molecule has 4 nitrogen and oxygen atoms in total. The van der Waals surface area contributed by atoms with Gasteiger partial charge in [-0.1, -0.05) is 20.8 Å². The molecule has 3 unspecified atom stereocenters. The molecule has 0 aromatic carbocycles. The molecule has 0 radical (unpaired) electrons. The number of likely N-dealkylation sites (N-methyl/N-ethyl adjacent to an activating group) is 1. The van der Waals surface area contributed by atoms with Gasteiger partial charge in [-0.15, -0.1) is 0 Å². The van der Waals surface area contributed by atoms with Gasteiger partial charge in [0.1, 0.15) is 0 Å². The molecule has 18 heavy (non-hydrogen) atoms. The molecule has 0 aromatic heterocycles. The zero-order valence-electron chi connectivity index (χ0n) is 12.1. The van der Waals surface area contributed by atoms with Crippen molar-refractivity contribution in [3.63, 3.8) is 0 Å². The number of hydrogen-bond acceptors (Lipinski definition) is 3. The second-order valence-electron chi connectivity index (χ2n) is 5.98. The monoisotopic (exact) mass is 253 g/mol. The van der Waals surface area contributed by atoms with Crippen LogP contribution in [0, 0.1) is 5.92 Å². The van der Waals surface area contributed by atoms with Gasteiger partial charge in [0.25, 0.3) is 0 Å². The SMILES string of the molecule is CCN1CCCC1CN1C(=O)C(C(C)C)NC1C. The quantitative estimate of drug-likeness (QED) is 0.819.